The number of carbonyl (C=O) groups excluding carboxylic acids is 2. The van der Waals surface area contributed by atoms with Crippen molar-refractivity contribution < 1.29 is 47.2 Å². The summed E-state index contributed by atoms with van der Waals surface area (Å²) in [6, 6.07) is 0. The minimum Gasteiger partial charge on any atom is -0.462 e. The van der Waals surface area contributed by atoms with Crippen LogP contribution >= 0.6 is 7.82 Å². The summed E-state index contributed by atoms with van der Waals surface area (Å²) >= 11 is 0. The summed E-state index contributed by atoms with van der Waals surface area (Å²) in [6.45, 7) is 4.12. The van der Waals surface area contributed by atoms with Crippen molar-refractivity contribution in [1.82, 2.24) is 0 Å². The first-order valence-corrected chi connectivity index (χ1v) is 25.3. The Hall–Kier alpha value is -2.59. The van der Waals surface area contributed by atoms with Crippen LogP contribution in [0.5, 0.6) is 0 Å². The second-order valence-electron chi connectivity index (χ2n) is 17.0. The number of allylic oxidation sites excluding steroid dienone is 10. The number of unbranched alkanes of at least 4 members (excludes halogenated alkanes) is 16. The summed E-state index contributed by atoms with van der Waals surface area (Å²) < 4.78 is 34.3. The van der Waals surface area contributed by atoms with E-state index in [0.29, 0.717) is 30.3 Å². The normalized spacial score (nSPS) is 14.7. The van der Waals surface area contributed by atoms with E-state index in [-0.39, 0.29) is 26.1 Å². The van der Waals surface area contributed by atoms with Gasteiger partial charge in [0.25, 0.3) is 0 Å². The van der Waals surface area contributed by atoms with Gasteiger partial charge in [0.1, 0.15) is 19.8 Å². The second-order valence-corrected chi connectivity index (χ2v) is 18.4. The summed E-state index contributed by atoms with van der Waals surface area (Å²) in [4.78, 5) is 35.4. The van der Waals surface area contributed by atoms with E-state index >= 15 is 0 Å². The molecule has 0 aliphatic heterocycles. The molecule has 3 atom stereocenters. The number of hydrogen-bond acceptors (Lipinski definition) is 8. The van der Waals surface area contributed by atoms with Gasteiger partial charge in [-0.15, -0.1) is 0 Å². The monoisotopic (exact) mass is 879 g/mol. The van der Waals surface area contributed by atoms with Crippen molar-refractivity contribution in [2.45, 2.75) is 187 Å². The third-order valence-corrected chi connectivity index (χ3v) is 10.8. The lowest BCUT2D eigenvalue weighted by Crippen LogP contribution is -2.37. The third kappa shape index (κ3) is 45.3. The first-order chi connectivity index (χ1) is 29.4. The van der Waals surface area contributed by atoms with Gasteiger partial charge in [-0.2, -0.15) is 0 Å². The van der Waals surface area contributed by atoms with Crippen molar-refractivity contribution in [3.8, 4) is 0 Å². The van der Waals surface area contributed by atoms with Crippen LogP contribution in [0, 0.1) is 0 Å². The number of hydrogen-bond donors (Lipinski definition) is 2. The van der Waals surface area contributed by atoms with Crippen molar-refractivity contribution in [1.29, 1.82) is 0 Å². The van der Waals surface area contributed by atoms with Gasteiger partial charge < -0.3 is 24.0 Å². The zero-order chi connectivity index (χ0) is 45.1. The Bertz CT molecular complexity index is 1280. The smallest absolute Gasteiger partial charge is 0.462 e. The SMILES string of the molecule is CC/C=C\CC(O)/C=C/C=C/C/C=C\C/C=C\C/C=C\CCC(=O)OC[C@H](COP(=O)(O)OCC[N+](C)(C)C)OC(=O)CCCCCCCCCCCCCCCCCCC. The van der Waals surface area contributed by atoms with Crippen LogP contribution in [0.2, 0.25) is 0 Å². The van der Waals surface area contributed by atoms with E-state index in [9.17, 15) is 24.2 Å². The summed E-state index contributed by atoms with van der Waals surface area (Å²) in [5.41, 5.74) is 0. The molecule has 0 aromatic heterocycles. The zero-order valence-electron chi connectivity index (χ0n) is 39.2. The number of carbonyl (C=O) groups is 2. The van der Waals surface area contributed by atoms with Crippen LogP contribution in [0.25, 0.3) is 0 Å². The first kappa shape index (κ1) is 58.4. The van der Waals surface area contributed by atoms with Crippen molar-refractivity contribution in [3.05, 3.63) is 72.9 Å². The Morgan fingerprint density at radius 3 is 1.67 bits per heavy atom. The van der Waals surface area contributed by atoms with Crippen LogP contribution < -0.4 is 0 Å². The summed E-state index contributed by atoms with van der Waals surface area (Å²) in [6.07, 6.45) is 48.7. The van der Waals surface area contributed by atoms with Crippen LogP contribution in [0.15, 0.2) is 72.9 Å². The van der Waals surface area contributed by atoms with Gasteiger partial charge in [-0.05, 0) is 44.9 Å². The van der Waals surface area contributed by atoms with Gasteiger partial charge in [-0.1, -0.05) is 189 Å². The lowest BCUT2D eigenvalue weighted by atomic mass is 10.0. The van der Waals surface area contributed by atoms with E-state index in [2.05, 4.69) is 44.2 Å². The number of phosphoric ester groups is 1. The average Bonchev–Trinajstić information content (AvgIpc) is 3.21. The molecular formula is C50H89NO9P+. The Kier molecular flexibility index (Phi) is 39.7. The molecule has 0 aromatic carbocycles. The Morgan fingerprint density at radius 1 is 0.607 bits per heavy atom. The highest BCUT2D eigenvalue weighted by Crippen LogP contribution is 2.43. The third-order valence-electron chi connectivity index (χ3n) is 9.84. The highest BCUT2D eigenvalue weighted by atomic mass is 31.2. The molecule has 2 N–H and O–H groups in total. The summed E-state index contributed by atoms with van der Waals surface area (Å²) in [5.74, 6) is -0.917. The van der Waals surface area contributed by atoms with Gasteiger partial charge in [0.2, 0.25) is 0 Å². The fraction of sp³-hybridized carbons (Fsp3) is 0.720. The molecule has 0 rings (SSSR count). The number of quaternary nitrogens is 1. The molecule has 2 unspecified atom stereocenters. The maximum absolute atomic E-state index is 12.7. The Labute approximate surface area is 372 Å². The number of rotatable bonds is 42. The van der Waals surface area contributed by atoms with Gasteiger partial charge in [-0.25, -0.2) is 4.57 Å². The minimum absolute atomic E-state index is 0.0119. The van der Waals surface area contributed by atoms with E-state index < -0.39 is 38.6 Å². The van der Waals surface area contributed by atoms with Crippen LogP contribution in [-0.4, -0.2) is 86.1 Å². The number of ether oxygens (including phenoxy) is 2. The molecule has 10 nitrogen and oxygen atoms in total. The summed E-state index contributed by atoms with van der Waals surface area (Å²) in [7, 11) is 1.41. The maximum atomic E-state index is 12.7. The van der Waals surface area contributed by atoms with E-state index in [1.165, 1.54) is 83.5 Å². The molecule has 0 aliphatic carbocycles. The highest BCUT2D eigenvalue weighted by Gasteiger charge is 2.27. The van der Waals surface area contributed by atoms with Crippen LogP contribution in [-0.2, 0) is 32.7 Å². The predicted octanol–water partition coefficient (Wildman–Crippen LogP) is 12.8. The van der Waals surface area contributed by atoms with Crippen LogP contribution in [0.1, 0.15) is 174 Å². The van der Waals surface area contributed by atoms with E-state index in [4.69, 9.17) is 18.5 Å². The standard InChI is InChI=1S/C50H88NO9P/c1-6-8-10-11-12-13-14-15-16-17-18-21-25-28-31-34-38-42-50(54)60-48(46-59-61(55,56)58-44-43-51(3,4)5)45-57-49(53)41-37-33-30-27-24-22-19-20-23-26-29-32-36-40-47(52)39-35-9-7-2/h9,20,22-24,29-30,32-33,35-36,40,47-48,52H,6-8,10-19,21,25-28,31,34,37-39,41-46H2,1-5H3/p+1/b23-20-,24-22-,32-29+,33-30-,35-9-,40-36+/t47?,48-/m1/s1. The van der Waals surface area contributed by atoms with Crippen molar-refractivity contribution in [2.75, 3.05) is 47.5 Å². The molecule has 352 valence electrons. The molecule has 0 saturated carbocycles. The van der Waals surface area contributed by atoms with Crippen LogP contribution in [0.4, 0.5) is 0 Å². The number of esters is 2. The fourth-order valence-electron chi connectivity index (χ4n) is 6.12. The molecule has 11 heteroatoms. The zero-order valence-corrected chi connectivity index (χ0v) is 40.1. The topological polar surface area (TPSA) is 129 Å². The molecule has 0 radical (unpaired) electrons. The molecule has 0 fully saturated rings. The molecule has 0 aromatic rings. The lowest BCUT2D eigenvalue weighted by Gasteiger charge is -2.24. The predicted molar refractivity (Wildman–Crippen MR) is 253 cm³/mol. The molecule has 0 bridgehead atoms. The number of phosphoric acid groups is 1. The number of likely N-dealkylation sites (N-methyl/N-ethyl adjacent to an activating group) is 1. The number of nitrogens with zero attached hydrogens (tertiary/aromatic N) is 1. The van der Waals surface area contributed by atoms with Gasteiger partial charge in [0.15, 0.2) is 6.10 Å². The fourth-order valence-corrected chi connectivity index (χ4v) is 6.87. The van der Waals surface area contributed by atoms with Crippen molar-refractivity contribution in [2.24, 2.45) is 0 Å². The van der Waals surface area contributed by atoms with Gasteiger partial charge in [0.05, 0.1) is 33.9 Å². The summed E-state index contributed by atoms with van der Waals surface area (Å²) in [5, 5.41) is 9.85. The lowest BCUT2D eigenvalue weighted by molar-refractivity contribution is -0.870. The molecule has 0 aliphatic rings. The molecule has 0 heterocycles. The molecule has 0 saturated heterocycles. The highest BCUT2D eigenvalue weighted by molar-refractivity contribution is 7.47. The molecule has 61 heavy (non-hydrogen) atoms. The van der Waals surface area contributed by atoms with E-state index in [1.807, 2.05) is 57.6 Å². The minimum atomic E-state index is -4.40. The molecular weight excluding hydrogens is 790 g/mol. The maximum Gasteiger partial charge on any atom is 0.472 e. The Balaban J connectivity index is 4.46. The van der Waals surface area contributed by atoms with E-state index in [1.54, 1.807) is 6.08 Å². The molecule has 0 amide bonds. The van der Waals surface area contributed by atoms with Gasteiger partial charge in [0, 0.05) is 12.8 Å². The van der Waals surface area contributed by atoms with Crippen molar-refractivity contribution >= 4 is 19.8 Å². The largest absolute Gasteiger partial charge is 0.472 e. The average molecular weight is 879 g/mol. The quantitative estimate of drug-likeness (QED) is 0.0154. The number of aliphatic hydroxyl groups excluding tert-OH is 1. The van der Waals surface area contributed by atoms with Gasteiger partial charge >= 0.3 is 19.8 Å². The van der Waals surface area contributed by atoms with Gasteiger partial charge in [-0.3, -0.25) is 18.6 Å². The first-order valence-electron chi connectivity index (χ1n) is 23.8. The van der Waals surface area contributed by atoms with Crippen molar-refractivity contribution in [3.63, 3.8) is 0 Å². The van der Waals surface area contributed by atoms with Crippen LogP contribution in [0.3, 0.4) is 0 Å². The second kappa shape index (κ2) is 41.4. The Morgan fingerprint density at radius 2 is 1.13 bits per heavy atom. The molecule has 0 spiro atoms. The van der Waals surface area contributed by atoms with E-state index in [0.717, 1.165) is 44.9 Å². The number of aliphatic hydroxyl groups is 1.